The zero-order chi connectivity index (χ0) is 29.0. The van der Waals surface area contributed by atoms with Crippen LogP contribution in [0.5, 0.6) is 0 Å². The summed E-state index contributed by atoms with van der Waals surface area (Å²) in [6.45, 7) is 7.33. The summed E-state index contributed by atoms with van der Waals surface area (Å²) >= 11 is 6.00. The molecule has 0 spiro atoms. The smallest absolute Gasteiger partial charge is 0.494 e. The number of hydrogen-bond donors (Lipinski definition) is 2. The van der Waals surface area contributed by atoms with Crippen molar-refractivity contribution in [1.29, 1.82) is 0 Å². The Morgan fingerprint density at radius 2 is 1.97 bits per heavy atom. The highest BCUT2D eigenvalue weighted by Gasteiger charge is 2.31. The zero-order valence-electron chi connectivity index (χ0n) is 21.3. The van der Waals surface area contributed by atoms with Gasteiger partial charge in [0.2, 0.25) is 6.41 Å². The predicted octanol–water partition coefficient (Wildman–Crippen LogP) is 4.68. The fraction of sp³-hybridized carbons (Fsp3) is 0.346. The largest absolute Gasteiger partial charge is 0.573 e. The van der Waals surface area contributed by atoms with Crippen LogP contribution < -0.4 is 5.32 Å². The molecule has 0 radical (unpaired) electrons. The summed E-state index contributed by atoms with van der Waals surface area (Å²) in [7, 11) is 1.58. The van der Waals surface area contributed by atoms with Crippen molar-refractivity contribution < 1.29 is 37.3 Å². The number of carbonyl (C=O) groups excluding carboxylic acids is 2. The van der Waals surface area contributed by atoms with E-state index in [0.29, 0.717) is 36.5 Å². The molecular formula is C26H30ClF3N4O5. The summed E-state index contributed by atoms with van der Waals surface area (Å²) in [6.07, 6.45) is -1.60. The first-order valence-electron chi connectivity index (χ1n) is 11.8. The van der Waals surface area contributed by atoms with Gasteiger partial charge in [-0.2, -0.15) is 0 Å². The Balaban J connectivity index is 2.27. The number of anilines is 1. The lowest BCUT2D eigenvalue weighted by Crippen LogP contribution is -2.31. The maximum Gasteiger partial charge on any atom is 0.573 e. The summed E-state index contributed by atoms with van der Waals surface area (Å²) < 4.78 is 48.2. The Labute approximate surface area is 229 Å². The minimum absolute atomic E-state index is 0.0652. The molecule has 0 atom stereocenters. The number of hydrogen-bond acceptors (Lipinski definition) is 6. The standard InChI is InChI=1S/C26H30ClF3N4O5/c1-4-21(39-26(28,29)30)15-18(2)38-14-5-7-22-32-24(31-17-36)23(25(37)33(3)12-6-13-35)34(22)16-19-8-10-20(27)11-9-19/h4,8-11,15,17,35H,1-2,5-7,12-14,16H2,3H3,(H,31,36)/b21-15+. The van der Waals surface area contributed by atoms with Gasteiger partial charge in [0.1, 0.15) is 17.3 Å². The predicted molar refractivity (Wildman–Crippen MR) is 140 cm³/mol. The number of allylic oxidation sites excluding steroid dienone is 2. The second kappa shape index (κ2) is 15.0. The van der Waals surface area contributed by atoms with Crippen molar-refractivity contribution >= 4 is 29.7 Å². The molecule has 1 heterocycles. The third-order valence-electron chi connectivity index (χ3n) is 5.27. The number of aliphatic hydroxyl groups is 1. The van der Waals surface area contributed by atoms with Crippen molar-refractivity contribution in [1.82, 2.24) is 14.5 Å². The van der Waals surface area contributed by atoms with E-state index in [1.807, 2.05) is 0 Å². The molecule has 2 aromatic rings. The van der Waals surface area contributed by atoms with E-state index in [2.05, 4.69) is 28.2 Å². The molecule has 2 rings (SSSR count). The van der Waals surface area contributed by atoms with Crippen LogP contribution in [0.1, 0.15) is 34.7 Å². The number of ether oxygens (including phenoxy) is 2. The number of aryl methyl sites for hydroxylation is 1. The third kappa shape index (κ3) is 10.1. The maximum absolute atomic E-state index is 13.3. The number of nitrogens with one attached hydrogen (secondary N) is 1. The van der Waals surface area contributed by atoms with Gasteiger partial charge in [-0.1, -0.05) is 36.9 Å². The molecule has 39 heavy (non-hydrogen) atoms. The lowest BCUT2D eigenvalue weighted by atomic mass is 10.2. The first-order valence-corrected chi connectivity index (χ1v) is 12.2. The topological polar surface area (TPSA) is 106 Å². The number of aromatic nitrogens is 2. The first-order chi connectivity index (χ1) is 18.5. The van der Waals surface area contributed by atoms with Crippen molar-refractivity contribution in [3.05, 3.63) is 83.2 Å². The molecule has 2 amide bonds. The Morgan fingerprint density at radius 3 is 2.56 bits per heavy atom. The van der Waals surface area contributed by atoms with Gasteiger partial charge in [0, 0.05) is 44.3 Å². The SMILES string of the molecule is C=C/C(=C\C(=C)OCCCc1nc(NC=O)c(C(=O)N(C)CCCO)n1Cc1ccc(Cl)cc1)OC(F)(F)F. The zero-order valence-corrected chi connectivity index (χ0v) is 22.1. The quantitative estimate of drug-likeness (QED) is 0.131. The van der Waals surface area contributed by atoms with Crippen LogP contribution in [-0.2, 0) is 27.2 Å². The van der Waals surface area contributed by atoms with Gasteiger partial charge in [0.25, 0.3) is 5.91 Å². The number of nitrogens with zero attached hydrogens (tertiary/aromatic N) is 3. The van der Waals surface area contributed by atoms with Gasteiger partial charge in [-0.25, -0.2) is 4.98 Å². The molecule has 0 aliphatic rings. The van der Waals surface area contributed by atoms with Crippen molar-refractivity contribution in [3.8, 4) is 0 Å². The summed E-state index contributed by atoms with van der Waals surface area (Å²) in [6, 6.07) is 7.00. The molecule has 13 heteroatoms. The lowest BCUT2D eigenvalue weighted by molar-refractivity contribution is -0.303. The minimum atomic E-state index is -4.88. The van der Waals surface area contributed by atoms with Crippen LogP contribution in [0.25, 0.3) is 0 Å². The number of carbonyl (C=O) groups is 2. The highest BCUT2D eigenvalue weighted by Crippen LogP contribution is 2.24. The van der Waals surface area contributed by atoms with Gasteiger partial charge < -0.3 is 29.4 Å². The number of rotatable bonds is 16. The van der Waals surface area contributed by atoms with Gasteiger partial charge in [-0.05, 0) is 36.6 Å². The average molecular weight is 571 g/mol. The van der Waals surface area contributed by atoms with E-state index in [-0.39, 0.29) is 43.6 Å². The van der Waals surface area contributed by atoms with Crippen LogP contribution in [0.3, 0.4) is 0 Å². The molecule has 0 fully saturated rings. The molecule has 0 aliphatic carbocycles. The Bertz CT molecular complexity index is 1180. The Hall–Kier alpha value is -3.77. The van der Waals surface area contributed by atoms with Gasteiger partial charge >= 0.3 is 6.36 Å². The molecule has 9 nitrogen and oxygen atoms in total. The van der Waals surface area contributed by atoms with E-state index in [9.17, 15) is 22.8 Å². The fourth-order valence-electron chi connectivity index (χ4n) is 3.49. The molecule has 212 valence electrons. The van der Waals surface area contributed by atoms with Crippen molar-refractivity contribution in [2.45, 2.75) is 32.2 Å². The molecule has 0 saturated heterocycles. The summed E-state index contributed by atoms with van der Waals surface area (Å²) in [5.41, 5.74) is 0.972. The molecule has 0 bridgehead atoms. The van der Waals surface area contributed by atoms with Crippen LogP contribution in [-0.4, -0.2) is 65.0 Å². The number of aliphatic hydroxyl groups excluding tert-OH is 1. The molecule has 0 saturated carbocycles. The maximum atomic E-state index is 13.3. The van der Waals surface area contributed by atoms with Gasteiger partial charge in [0.05, 0.1) is 6.61 Å². The number of benzene rings is 1. The molecule has 1 aromatic heterocycles. The monoisotopic (exact) mass is 570 g/mol. The average Bonchev–Trinajstić information content (AvgIpc) is 3.21. The summed E-state index contributed by atoms with van der Waals surface area (Å²) in [4.78, 5) is 30.5. The van der Waals surface area contributed by atoms with E-state index >= 15 is 0 Å². The first kappa shape index (κ1) is 31.4. The van der Waals surface area contributed by atoms with E-state index in [1.165, 1.54) is 4.90 Å². The number of amides is 2. The Kier molecular flexibility index (Phi) is 12.1. The summed E-state index contributed by atoms with van der Waals surface area (Å²) in [5, 5.41) is 12.2. The van der Waals surface area contributed by atoms with E-state index in [0.717, 1.165) is 17.7 Å². The van der Waals surface area contributed by atoms with Crippen molar-refractivity contribution in [2.24, 2.45) is 0 Å². The van der Waals surface area contributed by atoms with Crippen LogP contribution in [0.4, 0.5) is 19.0 Å². The Morgan fingerprint density at radius 1 is 1.28 bits per heavy atom. The number of alkyl halides is 3. The highest BCUT2D eigenvalue weighted by molar-refractivity contribution is 6.30. The fourth-order valence-corrected chi connectivity index (χ4v) is 3.62. The summed E-state index contributed by atoms with van der Waals surface area (Å²) in [5.74, 6) is -0.502. The van der Waals surface area contributed by atoms with E-state index in [1.54, 1.807) is 35.9 Å². The number of halogens is 4. The third-order valence-corrected chi connectivity index (χ3v) is 5.52. The van der Waals surface area contributed by atoms with Gasteiger partial charge in [-0.3, -0.25) is 9.59 Å². The van der Waals surface area contributed by atoms with Crippen molar-refractivity contribution in [2.75, 3.05) is 32.1 Å². The van der Waals surface area contributed by atoms with Crippen LogP contribution in [0.15, 0.2) is 61.1 Å². The molecule has 2 N–H and O–H groups in total. The second-order valence-electron chi connectivity index (χ2n) is 8.22. The lowest BCUT2D eigenvalue weighted by Gasteiger charge is -2.19. The van der Waals surface area contributed by atoms with Crippen molar-refractivity contribution in [3.63, 3.8) is 0 Å². The van der Waals surface area contributed by atoms with E-state index < -0.39 is 18.0 Å². The molecule has 1 aromatic carbocycles. The van der Waals surface area contributed by atoms with Gasteiger partial charge in [0.15, 0.2) is 11.5 Å². The number of imidazole rings is 1. The van der Waals surface area contributed by atoms with Crippen LogP contribution in [0, 0.1) is 0 Å². The van der Waals surface area contributed by atoms with E-state index in [4.69, 9.17) is 21.4 Å². The molecule has 0 unspecified atom stereocenters. The van der Waals surface area contributed by atoms with Crippen LogP contribution >= 0.6 is 11.6 Å². The van der Waals surface area contributed by atoms with Crippen LogP contribution in [0.2, 0.25) is 5.02 Å². The molecule has 0 aliphatic heterocycles. The van der Waals surface area contributed by atoms with Gasteiger partial charge in [-0.15, -0.1) is 13.2 Å². The molecular weight excluding hydrogens is 541 g/mol. The minimum Gasteiger partial charge on any atom is -0.494 e. The second-order valence-corrected chi connectivity index (χ2v) is 8.66. The highest BCUT2D eigenvalue weighted by atomic mass is 35.5. The normalized spacial score (nSPS) is 11.6.